The normalized spacial score (nSPS) is 10.0. The van der Waals surface area contributed by atoms with Crippen molar-refractivity contribution >= 4 is 40.9 Å². The molecule has 34 heavy (non-hydrogen) atoms. The van der Waals surface area contributed by atoms with Crippen molar-refractivity contribution in [2.75, 3.05) is 30.1 Å². The van der Waals surface area contributed by atoms with Gasteiger partial charge in [0.05, 0.1) is 35.7 Å². The van der Waals surface area contributed by atoms with Crippen molar-refractivity contribution in [3.8, 4) is 11.8 Å². The molecule has 0 aromatic heterocycles. The Hall–Kier alpha value is -4.29. The van der Waals surface area contributed by atoms with E-state index in [4.69, 9.17) is 14.7 Å². The van der Waals surface area contributed by atoms with Crippen molar-refractivity contribution in [2.24, 2.45) is 0 Å². The van der Waals surface area contributed by atoms with E-state index in [0.29, 0.717) is 27.6 Å². The van der Waals surface area contributed by atoms with Crippen LogP contribution < -0.4 is 15.4 Å². The Morgan fingerprint density at radius 3 is 2.50 bits per heavy atom. The highest BCUT2D eigenvalue weighted by Crippen LogP contribution is 2.25. The summed E-state index contributed by atoms with van der Waals surface area (Å²) in [7, 11) is 1.49. The summed E-state index contributed by atoms with van der Waals surface area (Å²) in [6.45, 7) is -0.481. The molecule has 0 fully saturated rings. The van der Waals surface area contributed by atoms with Crippen molar-refractivity contribution in [2.45, 2.75) is 4.90 Å². The van der Waals surface area contributed by atoms with E-state index in [1.54, 1.807) is 72.8 Å². The highest BCUT2D eigenvalue weighted by Gasteiger charge is 2.16. The SMILES string of the molecule is COc1ccccc1NC(=O)COC(=O)c1ccccc1SCC(=O)Nc1cccc(C#N)c1. The molecule has 0 atom stereocenters. The average molecular weight is 476 g/mol. The number of amides is 2. The first kappa shape index (κ1) is 24.4. The first-order chi connectivity index (χ1) is 16.5. The fourth-order valence-corrected chi connectivity index (χ4v) is 3.75. The van der Waals surface area contributed by atoms with E-state index >= 15 is 0 Å². The number of para-hydroxylation sites is 2. The van der Waals surface area contributed by atoms with E-state index in [-0.39, 0.29) is 17.2 Å². The maximum atomic E-state index is 12.6. The Balaban J connectivity index is 1.55. The number of nitrogens with zero attached hydrogens (tertiary/aromatic N) is 1. The number of benzene rings is 3. The number of nitriles is 1. The summed E-state index contributed by atoms with van der Waals surface area (Å²) in [5, 5.41) is 14.3. The molecule has 8 nitrogen and oxygen atoms in total. The lowest BCUT2D eigenvalue weighted by Crippen LogP contribution is -2.21. The van der Waals surface area contributed by atoms with Crippen LogP contribution in [-0.2, 0) is 14.3 Å². The van der Waals surface area contributed by atoms with Crippen molar-refractivity contribution in [3.63, 3.8) is 0 Å². The zero-order valence-corrected chi connectivity index (χ0v) is 19.1. The summed E-state index contributed by atoms with van der Waals surface area (Å²) in [5.41, 5.74) is 1.66. The van der Waals surface area contributed by atoms with E-state index in [1.165, 1.54) is 7.11 Å². The number of carbonyl (C=O) groups excluding carboxylic acids is 3. The average Bonchev–Trinajstić information content (AvgIpc) is 2.86. The molecule has 2 amide bonds. The lowest BCUT2D eigenvalue weighted by molar-refractivity contribution is -0.119. The number of hydrogen-bond donors (Lipinski definition) is 2. The monoisotopic (exact) mass is 475 g/mol. The van der Waals surface area contributed by atoms with Crippen LogP contribution >= 0.6 is 11.8 Å². The molecule has 0 bridgehead atoms. The Kier molecular flexibility index (Phi) is 8.66. The number of carbonyl (C=O) groups is 3. The van der Waals surface area contributed by atoms with Gasteiger partial charge in [0, 0.05) is 10.6 Å². The van der Waals surface area contributed by atoms with Gasteiger partial charge in [0.2, 0.25) is 5.91 Å². The second-order valence-corrected chi connectivity index (χ2v) is 7.87. The summed E-state index contributed by atoms with van der Waals surface area (Å²) >= 11 is 1.16. The van der Waals surface area contributed by atoms with Crippen molar-refractivity contribution in [1.82, 2.24) is 0 Å². The molecule has 0 saturated heterocycles. The van der Waals surface area contributed by atoms with E-state index in [0.717, 1.165) is 11.8 Å². The van der Waals surface area contributed by atoms with Crippen LogP contribution in [0.3, 0.4) is 0 Å². The van der Waals surface area contributed by atoms with Crippen molar-refractivity contribution in [3.05, 3.63) is 83.9 Å². The number of methoxy groups -OCH3 is 1. The second-order valence-electron chi connectivity index (χ2n) is 6.85. The van der Waals surface area contributed by atoms with E-state index in [1.807, 2.05) is 6.07 Å². The van der Waals surface area contributed by atoms with Gasteiger partial charge in [0.1, 0.15) is 5.75 Å². The molecule has 0 unspecified atom stereocenters. The molecule has 3 aromatic rings. The fourth-order valence-electron chi connectivity index (χ4n) is 2.91. The van der Waals surface area contributed by atoms with Gasteiger partial charge in [-0.25, -0.2) is 4.79 Å². The van der Waals surface area contributed by atoms with Crippen molar-refractivity contribution < 1.29 is 23.9 Å². The third kappa shape index (κ3) is 6.85. The highest BCUT2D eigenvalue weighted by molar-refractivity contribution is 8.00. The van der Waals surface area contributed by atoms with Gasteiger partial charge >= 0.3 is 5.97 Å². The molecule has 9 heteroatoms. The van der Waals surface area contributed by atoms with Crippen LogP contribution in [0.1, 0.15) is 15.9 Å². The van der Waals surface area contributed by atoms with E-state index in [9.17, 15) is 14.4 Å². The topological polar surface area (TPSA) is 118 Å². The summed E-state index contributed by atoms with van der Waals surface area (Å²) < 4.78 is 10.3. The smallest absolute Gasteiger partial charge is 0.339 e. The third-order valence-corrected chi connectivity index (χ3v) is 5.53. The molecule has 0 spiro atoms. The molecule has 172 valence electrons. The minimum absolute atomic E-state index is 0.0371. The maximum absolute atomic E-state index is 12.6. The van der Waals surface area contributed by atoms with Gasteiger partial charge in [-0.15, -0.1) is 11.8 Å². The Morgan fingerprint density at radius 2 is 1.71 bits per heavy atom. The fraction of sp³-hybridized carbons (Fsp3) is 0.120. The zero-order chi connectivity index (χ0) is 24.3. The van der Waals surface area contributed by atoms with Crippen LogP contribution in [0.2, 0.25) is 0 Å². The van der Waals surface area contributed by atoms with E-state index < -0.39 is 18.5 Å². The molecule has 0 aliphatic carbocycles. The Bertz CT molecular complexity index is 1240. The Morgan fingerprint density at radius 1 is 0.941 bits per heavy atom. The van der Waals surface area contributed by atoms with Gasteiger partial charge in [-0.2, -0.15) is 5.26 Å². The number of thioether (sulfide) groups is 1. The molecular weight excluding hydrogens is 454 g/mol. The molecular formula is C25H21N3O5S. The van der Waals surface area contributed by atoms with Gasteiger partial charge in [-0.3, -0.25) is 9.59 Å². The molecule has 0 radical (unpaired) electrons. The number of ether oxygens (including phenoxy) is 2. The molecule has 0 aliphatic rings. The minimum Gasteiger partial charge on any atom is -0.495 e. The first-order valence-corrected chi connectivity index (χ1v) is 11.1. The molecule has 0 saturated carbocycles. The van der Waals surface area contributed by atoms with Gasteiger partial charge in [-0.1, -0.05) is 30.3 Å². The molecule has 0 aliphatic heterocycles. The van der Waals surface area contributed by atoms with Crippen LogP contribution in [-0.4, -0.2) is 37.3 Å². The predicted octanol–water partition coefficient (Wildman–Crippen LogP) is 4.09. The number of esters is 1. The summed E-state index contributed by atoms with van der Waals surface area (Å²) in [6.07, 6.45) is 0. The predicted molar refractivity (Wildman–Crippen MR) is 129 cm³/mol. The van der Waals surface area contributed by atoms with Gasteiger partial charge in [-0.05, 0) is 42.5 Å². The van der Waals surface area contributed by atoms with Crippen LogP contribution in [0.15, 0.2) is 77.7 Å². The molecule has 3 aromatic carbocycles. The van der Waals surface area contributed by atoms with Gasteiger partial charge in [0.15, 0.2) is 6.61 Å². The molecule has 0 heterocycles. The van der Waals surface area contributed by atoms with E-state index in [2.05, 4.69) is 10.6 Å². The lowest BCUT2D eigenvalue weighted by atomic mass is 10.2. The summed E-state index contributed by atoms with van der Waals surface area (Å²) in [6, 6.07) is 22.1. The lowest BCUT2D eigenvalue weighted by Gasteiger charge is -2.11. The number of rotatable bonds is 9. The standard InChI is InChI=1S/C25H21N3O5S/c1-32-21-11-4-3-10-20(21)28-23(29)15-33-25(31)19-9-2-5-12-22(19)34-16-24(30)27-18-8-6-7-17(13-18)14-26/h2-13H,15-16H2,1H3,(H,27,30)(H,28,29). The van der Waals surface area contributed by atoms with Crippen molar-refractivity contribution in [1.29, 1.82) is 5.26 Å². The number of nitrogens with one attached hydrogen (secondary N) is 2. The second kappa shape index (κ2) is 12.1. The van der Waals surface area contributed by atoms with Crippen LogP contribution in [0, 0.1) is 11.3 Å². The maximum Gasteiger partial charge on any atom is 0.339 e. The summed E-state index contributed by atoms with van der Waals surface area (Å²) in [5.74, 6) is -0.960. The summed E-state index contributed by atoms with van der Waals surface area (Å²) in [4.78, 5) is 37.6. The van der Waals surface area contributed by atoms with Gasteiger partial charge in [0.25, 0.3) is 5.91 Å². The highest BCUT2D eigenvalue weighted by atomic mass is 32.2. The number of anilines is 2. The Labute approximate surface area is 200 Å². The quantitative estimate of drug-likeness (QED) is 0.353. The van der Waals surface area contributed by atoms with Gasteiger partial charge < -0.3 is 20.1 Å². The number of hydrogen-bond acceptors (Lipinski definition) is 7. The van der Waals surface area contributed by atoms with Crippen LogP contribution in [0.5, 0.6) is 5.75 Å². The minimum atomic E-state index is -0.680. The first-order valence-electron chi connectivity index (χ1n) is 10.1. The van der Waals surface area contributed by atoms with Crippen LogP contribution in [0.4, 0.5) is 11.4 Å². The largest absolute Gasteiger partial charge is 0.495 e. The molecule has 2 N–H and O–H groups in total. The third-order valence-electron chi connectivity index (χ3n) is 4.46. The zero-order valence-electron chi connectivity index (χ0n) is 18.2. The molecule has 3 rings (SSSR count). The van der Waals surface area contributed by atoms with Crippen LogP contribution in [0.25, 0.3) is 0 Å².